The molecular formula is C17H23NOS. The van der Waals surface area contributed by atoms with Crippen LogP contribution >= 0.6 is 11.3 Å². The van der Waals surface area contributed by atoms with Crippen LogP contribution in [0.1, 0.15) is 30.4 Å². The van der Waals surface area contributed by atoms with Crippen molar-refractivity contribution in [2.24, 2.45) is 0 Å². The Hall–Kier alpha value is -1.16. The summed E-state index contributed by atoms with van der Waals surface area (Å²) in [7, 11) is 0. The third-order valence-corrected chi connectivity index (χ3v) is 4.32. The van der Waals surface area contributed by atoms with Gasteiger partial charge in [-0.15, -0.1) is 0 Å². The summed E-state index contributed by atoms with van der Waals surface area (Å²) in [4.78, 5) is 0. The van der Waals surface area contributed by atoms with E-state index in [4.69, 9.17) is 0 Å². The Morgan fingerprint density at radius 2 is 2.00 bits per heavy atom. The van der Waals surface area contributed by atoms with E-state index in [1.165, 1.54) is 11.1 Å². The van der Waals surface area contributed by atoms with Gasteiger partial charge in [-0.2, -0.15) is 11.3 Å². The summed E-state index contributed by atoms with van der Waals surface area (Å²) in [6.45, 7) is 3.37. The van der Waals surface area contributed by atoms with Crippen LogP contribution in [0.25, 0.3) is 0 Å². The summed E-state index contributed by atoms with van der Waals surface area (Å²) in [5, 5.41) is 17.2. The van der Waals surface area contributed by atoms with Crippen LogP contribution in [0.15, 0.2) is 47.2 Å². The number of hydrogen-bond acceptors (Lipinski definition) is 3. The second kappa shape index (κ2) is 8.20. The van der Waals surface area contributed by atoms with Crippen LogP contribution < -0.4 is 5.32 Å². The van der Waals surface area contributed by atoms with Gasteiger partial charge in [-0.05, 0) is 53.6 Å². The van der Waals surface area contributed by atoms with E-state index in [9.17, 15) is 5.11 Å². The van der Waals surface area contributed by atoms with Crippen LogP contribution in [-0.4, -0.2) is 24.3 Å². The minimum absolute atomic E-state index is 0.236. The summed E-state index contributed by atoms with van der Waals surface area (Å²) in [5.74, 6) is 0.381. The van der Waals surface area contributed by atoms with Crippen LogP contribution in [0.5, 0.6) is 0 Å². The predicted molar refractivity (Wildman–Crippen MR) is 86.4 cm³/mol. The third-order valence-electron chi connectivity index (χ3n) is 3.58. The molecule has 2 nitrogen and oxygen atoms in total. The number of aliphatic hydroxyl groups excluding tert-OH is 1. The Balaban J connectivity index is 1.85. The molecule has 108 valence electrons. The highest BCUT2D eigenvalue weighted by atomic mass is 32.1. The maximum Gasteiger partial charge on any atom is 0.0437 e. The van der Waals surface area contributed by atoms with Crippen LogP contribution in [0.4, 0.5) is 0 Å². The molecule has 1 aromatic heterocycles. The van der Waals surface area contributed by atoms with Crippen LogP contribution in [0, 0.1) is 0 Å². The van der Waals surface area contributed by atoms with E-state index in [1.807, 2.05) is 6.07 Å². The topological polar surface area (TPSA) is 32.3 Å². The Kier molecular flexibility index (Phi) is 6.25. The van der Waals surface area contributed by atoms with Crippen molar-refractivity contribution in [1.29, 1.82) is 0 Å². The fourth-order valence-corrected chi connectivity index (χ4v) is 3.13. The molecule has 0 aliphatic heterocycles. The summed E-state index contributed by atoms with van der Waals surface area (Å²) in [5.41, 5.74) is 2.70. The van der Waals surface area contributed by atoms with Gasteiger partial charge in [-0.25, -0.2) is 0 Å². The van der Waals surface area contributed by atoms with E-state index >= 15 is 0 Å². The monoisotopic (exact) mass is 289 g/mol. The van der Waals surface area contributed by atoms with Gasteiger partial charge in [0.15, 0.2) is 0 Å². The second-order valence-electron chi connectivity index (χ2n) is 5.26. The number of aliphatic hydroxyl groups is 1. The van der Waals surface area contributed by atoms with Gasteiger partial charge in [0, 0.05) is 19.2 Å². The summed E-state index contributed by atoms with van der Waals surface area (Å²) < 4.78 is 0. The Morgan fingerprint density at radius 3 is 2.65 bits per heavy atom. The number of benzene rings is 1. The van der Waals surface area contributed by atoms with Crippen molar-refractivity contribution in [1.82, 2.24) is 5.32 Å². The molecule has 2 aromatic rings. The Bertz CT molecular complexity index is 469. The highest BCUT2D eigenvalue weighted by molar-refractivity contribution is 7.07. The number of hydrogen-bond donors (Lipinski definition) is 2. The normalized spacial score (nSPS) is 14.1. The molecule has 2 atom stereocenters. The van der Waals surface area contributed by atoms with Gasteiger partial charge in [-0.3, -0.25) is 0 Å². The zero-order valence-corrected chi connectivity index (χ0v) is 12.8. The molecule has 0 fully saturated rings. The summed E-state index contributed by atoms with van der Waals surface area (Å²) in [6, 6.07) is 13.1. The SMILES string of the molecule is CC(Cc1ccsc1)NCC(CCO)c1ccccc1. The zero-order valence-electron chi connectivity index (χ0n) is 12.0. The fraction of sp³-hybridized carbons (Fsp3) is 0.412. The number of rotatable bonds is 8. The lowest BCUT2D eigenvalue weighted by Gasteiger charge is -2.20. The van der Waals surface area contributed by atoms with E-state index < -0.39 is 0 Å². The van der Waals surface area contributed by atoms with E-state index in [0.717, 1.165) is 19.4 Å². The molecule has 0 bridgehead atoms. The van der Waals surface area contributed by atoms with E-state index in [1.54, 1.807) is 11.3 Å². The molecule has 0 spiro atoms. The van der Waals surface area contributed by atoms with Crippen LogP contribution in [-0.2, 0) is 6.42 Å². The minimum Gasteiger partial charge on any atom is -0.396 e. The molecule has 0 saturated heterocycles. The molecule has 0 radical (unpaired) electrons. The molecule has 20 heavy (non-hydrogen) atoms. The molecule has 1 heterocycles. The molecule has 2 N–H and O–H groups in total. The zero-order chi connectivity index (χ0) is 14.2. The lowest BCUT2D eigenvalue weighted by atomic mass is 9.95. The highest BCUT2D eigenvalue weighted by Crippen LogP contribution is 2.18. The fourth-order valence-electron chi connectivity index (χ4n) is 2.45. The average molecular weight is 289 g/mol. The first-order chi connectivity index (χ1) is 9.79. The predicted octanol–water partition coefficient (Wildman–Crippen LogP) is 3.43. The third kappa shape index (κ3) is 4.75. The Labute approximate surface area is 125 Å². The van der Waals surface area contributed by atoms with Crippen molar-refractivity contribution in [3.63, 3.8) is 0 Å². The first-order valence-corrected chi connectivity index (χ1v) is 8.14. The molecule has 0 aliphatic rings. The highest BCUT2D eigenvalue weighted by Gasteiger charge is 2.12. The van der Waals surface area contributed by atoms with Gasteiger partial charge in [0.25, 0.3) is 0 Å². The maximum absolute atomic E-state index is 9.24. The first-order valence-electron chi connectivity index (χ1n) is 7.20. The molecule has 2 rings (SSSR count). The Morgan fingerprint density at radius 1 is 1.20 bits per heavy atom. The van der Waals surface area contributed by atoms with Gasteiger partial charge < -0.3 is 10.4 Å². The van der Waals surface area contributed by atoms with E-state index in [0.29, 0.717) is 12.0 Å². The minimum atomic E-state index is 0.236. The lowest BCUT2D eigenvalue weighted by Crippen LogP contribution is -2.32. The van der Waals surface area contributed by atoms with Crippen LogP contribution in [0.2, 0.25) is 0 Å². The van der Waals surface area contributed by atoms with Crippen molar-refractivity contribution < 1.29 is 5.11 Å². The van der Waals surface area contributed by atoms with Crippen molar-refractivity contribution in [2.45, 2.75) is 31.7 Å². The quantitative estimate of drug-likeness (QED) is 0.780. The second-order valence-corrected chi connectivity index (χ2v) is 6.04. The largest absolute Gasteiger partial charge is 0.396 e. The number of thiophene rings is 1. The first kappa shape index (κ1) is 15.2. The number of nitrogens with one attached hydrogen (secondary N) is 1. The average Bonchev–Trinajstić information content (AvgIpc) is 2.97. The molecule has 0 amide bonds. The summed E-state index contributed by atoms with van der Waals surface area (Å²) >= 11 is 1.75. The van der Waals surface area contributed by atoms with Crippen molar-refractivity contribution in [2.75, 3.05) is 13.2 Å². The van der Waals surface area contributed by atoms with Gasteiger partial charge in [0.05, 0.1) is 0 Å². The van der Waals surface area contributed by atoms with Crippen LogP contribution in [0.3, 0.4) is 0 Å². The maximum atomic E-state index is 9.24. The lowest BCUT2D eigenvalue weighted by molar-refractivity contribution is 0.272. The van der Waals surface area contributed by atoms with Gasteiger partial charge in [0.1, 0.15) is 0 Å². The van der Waals surface area contributed by atoms with Gasteiger partial charge in [-0.1, -0.05) is 30.3 Å². The molecule has 0 saturated carbocycles. The van der Waals surface area contributed by atoms with E-state index in [2.05, 4.69) is 53.3 Å². The van der Waals surface area contributed by atoms with E-state index in [-0.39, 0.29) is 6.61 Å². The van der Waals surface area contributed by atoms with Gasteiger partial charge >= 0.3 is 0 Å². The van der Waals surface area contributed by atoms with Gasteiger partial charge in [0.2, 0.25) is 0 Å². The standard InChI is InChI=1S/C17H23NOS/c1-14(11-15-8-10-20-13-15)18-12-17(7-9-19)16-5-3-2-4-6-16/h2-6,8,10,13-14,17-19H,7,9,11-12H2,1H3. The molecule has 2 unspecified atom stereocenters. The van der Waals surface area contributed by atoms with Crippen molar-refractivity contribution >= 4 is 11.3 Å². The smallest absolute Gasteiger partial charge is 0.0437 e. The molecular weight excluding hydrogens is 266 g/mol. The van der Waals surface area contributed by atoms with Crippen molar-refractivity contribution in [3.8, 4) is 0 Å². The summed E-state index contributed by atoms with van der Waals surface area (Å²) in [6.07, 6.45) is 1.87. The van der Waals surface area contributed by atoms with Crippen molar-refractivity contribution in [3.05, 3.63) is 58.3 Å². The molecule has 0 aliphatic carbocycles. The molecule has 3 heteroatoms. The molecule has 1 aromatic carbocycles.